The first-order chi connectivity index (χ1) is 11.1. The number of ketones is 1. The molecular weight excluding hydrogens is 315 g/mol. The Labute approximate surface area is 138 Å². The second kappa shape index (κ2) is 8.48. The van der Waals surface area contributed by atoms with Gasteiger partial charge in [0.15, 0.2) is 5.78 Å². The molecule has 0 aliphatic heterocycles. The van der Waals surface area contributed by atoms with Gasteiger partial charge in [-0.3, -0.25) is 9.59 Å². The molecule has 23 heavy (non-hydrogen) atoms. The molecule has 0 bridgehead atoms. The fraction of sp³-hybridized carbons (Fsp3) is 0.222. The van der Waals surface area contributed by atoms with Gasteiger partial charge in [0.2, 0.25) is 0 Å². The number of halogens is 1. The van der Waals surface area contributed by atoms with Crippen molar-refractivity contribution >= 4 is 23.5 Å². The average molecular weight is 332 g/mol. The fourth-order valence-corrected chi connectivity index (χ4v) is 3.02. The van der Waals surface area contributed by atoms with E-state index >= 15 is 0 Å². The molecule has 0 spiro atoms. The number of rotatable bonds is 7. The third kappa shape index (κ3) is 5.21. The van der Waals surface area contributed by atoms with Crippen LogP contribution in [0.2, 0.25) is 0 Å². The average Bonchev–Trinajstić information content (AvgIpc) is 2.57. The first-order valence-corrected chi connectivity index (χ1v) is 8.15. The Kier molecular flexibility index (Phi) is 6.35. The summed E-state index contributed by atoms with van der Waals surface area (Å²) in [6.07, 6.45) is 0.0326. The summed E-state index contributed by atoms with van der Waals surface area (Å²) < 4.78 is 18.0. The maximum Gasteiger partial charge on any atom is 0.319 e. The van der Waals surface area contributed by atoms with Crippen LogP contribution >= 0.6 is 11.8 Å². The fourth-order valence-electron chi connectivity index (χ4n) is 2.00. The Hall–Kier alpha value is -2.14. The second-order valence-corrected chi connectivity index (χ2v) is 6.08. The van der Waals surface area contributed by atoms with E-state index < -0.39 is 11.2 Å². The summed E-state index contributed by atoms with van der Waals surface area (Å²) in [7, 11) is 0. The van der Waals surface area contributed by atoms with E-state index in [1.54, 1.807) is 43.3 Å². The molecule has 0 radical (unpaired) electrons. The van der Waals surface area contributed by atoms with E-state index in [4.69, 9.17) is 4.74 Å². The summed E-state index contributed by atoms with van der Waals surface area (Å²) in [5, 5.41) is -0.659. The normalized spacial score (nSPS) is 11.7. The SMILES string of the molecule is CCOC(=O)C(CC(=O)c1ccccc1)Sc1ccc(F)cc1. The lowest BCUT2D eigenvalue weighted by atomic mass is 10.1. The monoisotopic (exact) mass is 332 g/mol. The molecule has 1 atom stereocenters. The summed E-state index contributed by atoms with van der Waals surface area (Å²) >= 11 is 1.21. The minimum Gasteiger partial charge on any atom is -0.465 e. The number of hydrogen-bond donors (Lipinski definition) is 0. The minimum absolute atomic E-state index is 0.0326. The first kappa shape index (κ1) is 17.2. The van der Waals surface area contributed by atoms with E-state index in [0.29, 0.717) is 10.5 Å². The highest BCUT2D eigenvalue weighted by Crippen LogP contribution is 2.27. The molecule has 2 rings (SSSR count). The van der Waals surface area contributed by atoms with E-state index in [1.165, 1.54) is 23.9 Å². The Morgan fingerprint density at radius 3 is 2.35 bits per heavy atom. The first-order valence-electron chi connectivity index (χ1n) is 7.27. The molecular formula is C18H17FO3S. The van der Waals surface area contributed by atoms with Crippen LogP contribution in [0.3, 0.4) is 0 Å². The summed E-state index contributed by atoms with van der Waals surface area (Å²) in [5.74, 6) is -0.910. The van der Waals surface area contributed by atoms with Crippen LogP contribution in [0.1, 0.15) is 23.7 Å². The van der Waals surface area contributed by atoms with Crippen LogP contribution in [0.25, 0.3) is 0 Å². The van der Waals surface area contributed by atoms with Gasteiger partial charge >= 0.3 is 5.97 Å². The van der Waals surface area contributed by atoms with Crippen LogP contribution in [0.15, 0.2) is 59.5 Å². The van der Waals surface area contributed by atoms with Crippen molar-refractivity contribution in [1.82, 2.24) is 0 Å². The molecule has 5 heteroatoms. The van der Waals surface area contributed by atoms with Gasteiger partial charge in [-0.1, -0.05) is 30.3 Å². The number of esters is 1. The highest BCUT2D eigenvalue weighted by atomic mass is 32.2. The van der Waals surface area contributed by atoms with Gasteiger partial charge in [-0.25, -0.2) is 4.39 Å². The zero-order chi connectivity index (χ0) is 16.7. The maximum atomic E-state index is 13.0. The van der Waals surface area contributed by atoms with Gasteiger partial charge < -0.3 is 4.74 Å². The van der Waals surface area contributed by atoms with Crippen molar-refractivity contribution in [3.05, 3.63) is 66.0 Å². The Morgan fingerprint density at radius 1 is 1.09 bits per heavy atom. The third-order valence-electron chi connectivity index (χ3n) is 3.11. The van der Waals surface area contributed by atoms with E-state index in [1.807, 2.05) is 6.07 Å². The van der Waals surface area contributed by atoms with Crippen LogP contribution < -0.4 is 0 Å². The van der Waals surface area contributed by atoms with Crippen LogP contribution in [0.4, 0.5) is 4.39 Å². The van der Waals surface area contributed by atoms with Crippen molar-refractivity contribution in [2.45, 2.75) is 23.5 Å². The molecule has 2 aromatic rings. The van der Waals surface area contributed by atoms with Gasteiger partial charge in [-0.2, -0.15) is 0 Å². The van der Waals surface area contributed by atoms with Crippen molar-refractivity contribution in [3.63, 3.8) is 0 Å². The lowest BCUT2D eigenvalue weighted by Crippen LogP contribution is -2.23. The molecule has 0 saturated heterocycles. The number of ether oxygens (including phenoxy) is 1. The van der Waals surface area contributed by atoms with Gasteiger partial charge in [0, 0.05) is 16.9 Å². The second-order valence-electron chi connectivity index (χ2n) is 4.81. The maximum absolute atomic E-state index is 13.0. The van der Waals surface area contributed by atoms with E-state index in [2.05, 4.69) is 0 Å². The lowest BCUT2D eigenvalue weighted by molar-refractivity contribution is -0.142. The largest absolute Gasteiger partial charge is 0.465 e. The van der Waals surface area contributed by atoms with Crippen molar-refractivity contribution in [2.24, 2.45) is 0 Å². The molecule has 0 aliphatic rings. The minimum atomic E-state index is -0.659. The summed E-state index contributed by atoms with van der Waals surface area (Å²) in [5.41, 5.74) is 0.557. The quantitative estimate of drug-likeness (QED) is 0.434. The molecule has 2 aromatic carbocycles. The number of benzene rings is 2. The van der Waals surface area contributed by atoms with Crippen LogP contribution in [0.5, 0.6) is 0 Å². The van der Waals surface area contributed by atoms with Crippen molar-refractivity contribution in [3.8, 4) is 0 Å². The van der Waals surface area contributed by atoms with Gasteiger partial charge in [0.1, 0.15) is 11.1 Å². The van der Waals surface area contributed by atoms with Crippen molar-refractivity contribution < 1.29 is 18.7 Å². The highest BCUT2D eigenvalue weighted by Gasteiger charge is 2.25. The van der Waals surface area contributed by atoms with Gasteiger partial charge in [-0.15, -0.1) is 11.8 Å². The number of carbonyl (C=O) groups is 2. The van der Waals surface area contributed by atoms with E-state index in [0.717, 1.165) is 0 Å². The predicted octanol–water partition coefficient (Wildman–Crippen LogP) is 4.12. The molecule has 0 fully saturated rings. The standard InChI is InChI=1S/C18H17FO3S/c1-2-22-18(21)17(23-15-10-8-14(19)9-11-15)12-16(20)13-6-4-3-5-7-13/h3-11,17H,2,12H2,1H3. The number of carbonyl (C=O) groups excluding carboxylic acids is 2. The van der Waals surface area contributed by atoms with Crippen molar-refractivity contribution in [1.29, 1.82) is 0 Å². The Morgan fingerprint density at radius 2 is 1.74 bits per heavy atom. The van der Waals surface area contributed by atoms with Crippen LogP contribution in [-0.2, 0) is 9.53 Å². The topological polar surface area (TPSA) is 43.4 Å². The lowest BCUT2D eigenvalue weighted by Gasteiger charge is -2.14. The summed E-state index contributed by atoms with van der Waals surface area (Å²) in [6.45, 7) is 1.97. The molecule has 0 aliphatic carbocycles. The third-order valence-corrected chi connectivity index (χ3v) is 4.30. The van der Waals surface area contributed by atoms with Crippen LogP contribution in [-0.4, -0.2) is 23.6 Å². The number of Topliss-reactive ketones (excluding diaryl/α,β-unsaturated/α-hetero) is 1. The summed E-state index contributed by atoms with van der Waals surface area (Å²) in [6, 6.07) is 14.6. The van der Waals surface area contributed by atoms with Gasteiger partial charge in [0.25, 0.3) is 0 Å². The van der Waals surface area contributed by atoms with Gasteiger partial charge in [0.05, 0.1) is 6.61 Å². The van der Waals surface area contributed by atoms with E-state index in [9.17, 15) is 14.0 Å². The molecule has 0 amide bonds. The van der Waals surface area contributed by atoms with Crippen molar-refractivity contribution in [2.75, 3.05) is 6.61 Å². The molecule has 0 saturated carbocycles. The smallest absolute Gasteiger partial charge is 0.319 e. The van der Waals surface area contributed by atoms with E-state index in [-0.39, 0.29) is 24.6 Å². The zero-order valence-corrected chi connectivity index (χ0v) is 13.5. The zero-order valence-electron chi connectivity index (χ0n) is 12.7. The summed E-state index contributed by atoms with van der Waals surface area (Å²) in [4.78, 5) is 25.2. The van der Waals surface area contributed by atoms with Crippen LogP contribution in [0, 0.1) is 5.82 Å². The molecule has 120 valence electrons. The Bertz CT molecular complexity index is 656. The molecule has 3 nitrogen and oxygen atoms in total. The van der Waals surface area contributed by atoms with Gasteiger partial charge in [-0.05, 0) is 31.2 Å². The number of thioether (sulfide) groups is 1. The molecule has 0 heterocycles. The predicted molar refractivity (Wildman–Crippen MR) is 88.1 cm³/mol. The Balaban J connectivity index is 2.12. The molecule has 0 aromatic heterocycles. The number of hydrogen-bond acceptors (Lipinski definition) is 4. The molecule has 1 unspecified atom stereocenters. The highest BCUT2D eigenvalue weighted by molar-refractivity contribution is 8.00. The molecule has 0 N–H and O–H groups in total.